The third kappa shape index (κ3) is 5.29. The standard InChI is InChI=1S/C16H27N3/c1-2-9-17-14-15-6-11-19(12-7-15)13-8-16-5-3-4-10-18-16/h3-5,10,15,17H,2,6-9,11-14H2,1H3. The maximum absolute atomic E-state index is 4.39. The quantitative estimate of drug-likeness (QED) is 0.764. The number of piperidine rings is 1. The van der Waals surface area contributed by atoms with E-state index < -0.39 is 0 Å². The summed E-state index contributed by atoms with van der Waals surface area (Å²) in [6.45, 7) is 8.28. The summed E-state index contributed by atoms with van der Waals surface area (Å²) in [4.78, 5) is 6.98. The Morgan fingerprint density at radius 1 is 1.32 bits per heavy atom. The van der Waals surface area contributed by atoms with Crippen molar-refractivity contribution < 1.29 is 0 Å². The first-order valence-corrected chi connectivity index (χ1v) is 7.71. The van der Waals surface area contributed by atoms with Gasteiger partial charge in [-0.3, -0.25) is 4.98 Å². The number of hydrogen-bond acceptors (Lipinski definition) is 3. The molecule has 0 bridgehead atoms. The molecule has 1 aromatic rings. The Morgan fingerprint density at radius 3 is 2.84 bits per heavy atom. The van der Waals surface area contributed by atoms with E-state index in [9.17, 15) is 0 Å². The van der Waals surface area contributed by atoms with Crippen LogP contribution < -0.4 is 5.32 Å². The van der Waals surface area contributed by atoms with Crippen molar-refractivity contribution in [2.24, 2.45) is 5.92 Å². The lowest BCUT2D eigenvalue weighted by molar-refractivity contribution is 0.184. The van der Waals surface area contributed by atoms with Gasteiger partial charge in [-0.15, -0.1) is 0 Å². The molecule has 0 unspecified atom stereocenters. The molecule has 2 heterocycles. The lowest BCUT2D eigenvalue weighted by Gasteiger charge is -2.32. The Hall–Kier alpha value is -0.930. The maximum Gasteiger partial charge on any atom is 0.0416 e. The summed E-state index contributed by atoms with van der Waals surface area (Å²) in [5.74, 6) is 0.887. The number of likely N-dealkylation sites (tertiary alicyclic amines) is 1. The number of nitrogens with one attached hydrogen (secondary N) is 1. The predicted molar refractivity (Wildman–Crippen MR) is 80.3 cm³/mol. The summed E-state index contributed by atoms with van der Waals surface area (Å²) >= 11 is 0. The molecular weight excluding hydrogens is 234 g/mol. The summed E-state index contributed by atoms with van der Waals surface area (Å²) in [7, 11) is 0. The molecule has 1 saturated heterocycles. The van der Waals surface area contributed by atoms with Gasteiger partial charge in [-0.2, -0.15) is 0 Å². The normalized spacial score (nSPS) is 17.7. The van der Waals surface area contributed by atoms with Gasteiger partial charge < -0.3 is 10.2 Å². The molecule has 106 valence electrons. The van der Waals surface area contributed by atoms with E-state index in [1.165, 1.54) is 51.1 Å². The van der Waals surface area contributed by atoms with Gasteiger partial charge in [-0.1, -0.05) is 13.0 Å². The van der Waals surface area contributed by atoms with Gasteiger partial charge in [0, 0.05) is 24.9 Å². The van der Waals surface area contributed by atoms with Crippen molar-refractivity contribution >= 4 is 0 Å². The summed E-state index contributed by atoms with van der Waals surface area (Å²) in [5.41, 5.74) is 1.22. The van der Waals surface area contributed by atoms with E-state index in [-0.39, 0.29) is 0 Å². The average molecular weight is 261 g/mol. The molecule has 0 aliphatic carbocycles. The van der Waals surface area contributed by atoms with Crippen LogP contribution in [0.1, 0.15) is 31.9 Å². The first-order chi connectivity index (χ1) is 9.38. The molecule has 0 atom stereocenters. The van der Waals surface area contributed by atoms with Crippen LogP contribution in [0.3, 0.4) is 0 Å². The van der Waals surface area contributed by atoms with Gasteiger partial charge in [0.2, 0.25) is 0 Å². The van der Waals surface area contributed by atoms with Crippen molar-refractivity contribution in [2.75, 3.05) is 32.7 Å². The van der Waals surface area contributed by atoms with Gasteiger partial charge in [-0.25, -0.2) is 0 Å². The minimum absolute atomic E-state index is 0.887. The number of nitrogens with zero attached hydrogens (tertiary/aromatic N) is 2. The molecule has 1 aromatic heterocycles. The fourth-order valence-electron chi connectivity index (χ4n) is 2.72. The van der Waals surface area contributed by atoms with E-state index in [2.05, 4.69) is 34.3 Å². The third-order valence-electron chi connectivity index (χ3n) is 3.98. The maximum atomic E-state index is 4.39. The van der Waals surface area contributed by atoms with Crippen LogP contribution in [0.15, 0.2) is 24.4 Å². The summed E-state index contributed by atoms with van der Waals surface area (Å²) in [6, 6.07) is 6.19. The Kier molecular flexibility index (Phi) is 6.31. The zero-order chi connectivity index (χ0) is 13.3. The molecule has 1 N–H and O–H groups in total. The van der Waals surface area contributed by atoms with Crippen molar-refractivity contribution in [3.05, 3.63) is 30.1 Å². The fourth-order valence-corrected chi connectivity index (χ4v) is 2.72. The Morgan fingerprint density at radius 2 is 2.16 bits per heavy atom. The lowest BCUT2D eigenvalue weighted by Crippen LogP contribution is -2.38. The SMILES string of the molecule is CCCNCC1CCN(CCc2ccccn2)CC1. The molecule has 19 heavy (non-hydrogen) atoms. The molecule has 3 nitrogen and oxygen atoms in total. The van der Waals surface area contributed by atoms with E-state index in [0.29, 0.717) is 0 Å². The molecule has 2 rings (SSSR count). The van der Waals surface area contributed by atoms with Crippen LogP contribution in [0.2, 0.25) is 0 Å². The number of hydrogen-bond donors (Lipinski definition) is 1. The molecule has 1 aliphatic heterocycles. The summed E-state index contributed by atoms with van der Waals surface area (Å²) < 4.78 is 0. The van der Waals surface area contributed by atoms with Gasteiger partial charge in [0.05, 0.1) is 0 Å². The smallest absolute Gasteiger partial charge is 0.0416 e. The van der Waals surface area contributed by atoms with Crippen LogP contribution in [-0.2, 0) is 6.42 Å². The molecular formula is C16H27N3. The van der Waals surface area contributed by atoms with Crippen molar-refractivity contribution in [1.82, 2.24) is 15.2 Å². The van der Waals surface area contributed by atoms with Crippen LogP contribution in [-0.4, -0.2) is 42.6 Å². The third-order valence-corrected chi connectivity index (χ3v) is 3.98. The Labute approximate surface area is 117 Å². The van der Waals surface area contributed by atoms with Crippen LogP contribution >= 0.6 is 0 Å². The lowest BCUT2D eigenvalue weighted by atomic mass is 9.96. The van der Waals surface area contributed by atoms with Crippen molar-refractivity contribution in [3.63, 3.8) is 0 Å². The van der Waals surface area contributed by atoms with Crippen molar-refractivity contribution in [3.8, 4) is 0 Å². The van der Waals surface area contributed by atoms with Crippen LogP contribution in [0, 0.1) is 5.92 Å². The molecule has 0 aromatic carbocycles. The number of rotatable bonds is 7. The minimum atomic E-state index is 0.887. The van der Waals surface area contributed by atoms with Crippen molar-refractivity contribution in [2.45, 2.75) is 32.6 Å². The van der Waals surface area contributed by atoms with Gasteiger partial charge in [0.15, 0.2) is 0 Å². The second kappa shape index (κ2) is 8.28. The van der Waals surface area contributed by atoms with E-state index in [0.717, 1.165) is 18.9 Å². The highest BCUT2D eigenvalue weighted by Crippen LogP contribution is 2.16. The second-order valence-electron chi connectivity index (χ2n) is 5.56. The van der Waals surface area contributed by atoms with Crippen molar-refractivity contribution in [1.29, 1.82) is 0 Å². The predicted octanol–water partition coefficient (Wildman–Crippen LogP) is 2.34. The average Bonchev–Trinajstić information content (AvgIpc) is 2.48. The summed E-state index contributed by atoms with van der Waals surface area (Å²) in [6.07, 6.45) is 6.90. The number of pyridine rings is 1. The highest BCUT2D eigenvalue weighted by molar-refractivity contribution is 5.03. The first kappa shape index (κ1) is 14.5. The van der Waals surface area contributed by atoms with E-state index in [1.807, 2.05) is 12.3 Å². The van der Waals surface area contributed by atoms with Crippen LogP contribution in [0.4, 0.5) is 0 Å². The highest BCUT2D eigenvalue weighted by atomic mass is 15.1. The molecule has 1 aliphatic rings. The topological polar surface area (TPSA) is 28.2 Å². The zero-order valence-electron chi connectivity index (χ0n) is 12.1. The Bertz CT molecular complexity index is 331. The van der Waals surface area contributed by atoms with E-state index in [4.69, 9.17) is 0 Å². The zero-order valence-corrected chi connectivity index (χ0v) is 12.1. The van der Waals surface area contributed by atoms with E-state index in [1.54, 1.807) is 0 Å². The van der Waals surface area contributed by atoms with Crippen LogP contribution in [0.5, 0.6) is 0 Å². The van der Waals surface area contributed by atoms with Gasteiger partial charge in [0.25, 0.3) is 0 Å². The fraction of sp³-hybridized carbons (Fsp3) is 0.688. The Balaban J connectivity index is 1.61. The molecule has 0 spiro atoms. The molecule has 0 saturated carbocycles. The molecule has 0 amide bonds. The minimum Gasteiger partial charge on any atom is -0.316 e. The summed E-state index contributed by atoms with van der Waals surface area (Å²) in [5, 5.41) is 3.55. The van der Waals surface area contributed by atoms with Crippen LogP contribution in [0.25, 0.3) is 0 Å². The molecule has 3 heteroatoms. The molecule has 0 radical (unpaired) electrons. The second-order valence-corrected chi connectivity index (χ2v) is 5.56. The number of aromatic nitrogens is 1. The van der Waals surface area contributed by atoms with Gasteiger partial charge >= 0.3 is 0 Å². The first-order valence-electron chi connectivity index (χ1n) is 7.71. The highest BCUT2D eigenvalue weighted by Gasteiger charge is 2.18. The van der Waals surface area contributed by atoms with E-state index >= 15 is 0 Å². The largest absolute Gasteiger partial charge is 0.316 e. The monoisotopic (exact) mass is 261 g/mol. The van der Waals surface area contributed by atoms with Gasteiger partial charge in [-0.05, 0) is 63.5 Å². The molecule has 1 fully saturated rings. The van der Waals surface area contributed by atoms with Gasteiger partial charge in [0.1, 0.15) is 0 Å².